The molecule has 1 rings (SSSR count). The highest BCUT2D eigenvalue weighted by Crippen LogP contribution is 2.23. The van der Waals surface area contributed by atoms with Crippen LogP contribution in [0, 0.1) is 0 Å². The first-order valence-electron chi connectivity index (χ1n) is 2.47. The molecule has 40 valence electrons. The molecule has 0 aromatic rings. The molecule has 0 radical (unpaired) electrons. The Hall–Kier alpha value is -1.04. The molecule has 0 aromatic carbocycles. The van der Waals surface area contributed by atoms with Crippen molar-refractivity contribution in [1.82, 2.24) is 0 Å². The summed E-state index contributed by atoms with van der Waals surface area (Å²) in [6, 6.07) is 0. The molecule has 0 saturated carbocycles. The molecule has 0 amide bonds. The Morgan fingerprint density at radius 2 is 1.25 bits per heavy atom. The summed E-state index contributed by atoms with van der Waals surface area (Å²) in [5, 5.41) is 0. The standard InChI is InChI=1S/C8H8/c1-6-4-5-7(2)8(6)3/h4-5H,1-3H2. The minimum Gasteiger partial charge on any atom is -0.0912 e. The summed E-state index contributed by atoms with van der Waals surface area (Å²) in [7, 11) is 0. The molecule has 0 spiro atoms. The maximum Gasteiger partial charge on any atom is -0.0195 e. The summed E-state index contributed by atoms with van der Waals surface area (Å²) >= 11 is 0. The largest absolute Gasteiger partial charge is 0.0912 e. The smallest absolute Gasteiger partial charge is 0.0195 e. The van der Waals surface area contributed by atoms with Gasteiger partial charge >= 0.3 is 0 Å². The predicted molar refractivity (Wildman–Crippen MR) is 36.6 cm³/mol. The van der Waals surface area contributed by atoms with Crippen LogP contribution in [0.25, 0.3) is 0 Å². The maximum absolute atomic E-state index is 3.75. The average molecular weight is 104 g/mol. The van der Waals surface area contributed by atoms with Gasteiger partial charge in [0.2, 0.25) is 0 Å². The zero-order chi connectivity index (χ0) is 6.15. The second-order valence-corrected chi connectivity index (χ2v) is 1.86. The first kappa shape index (κ1) is 5.10. The summed E-state index contributed by atoms with van der Waals surface area (Å²) in [6.07, 6.45) is 3.84. The average Bonchev–Trinajstić information content (AvgIpc) is 1.98. The van der Waals surface area contributed by atoms with Crippen molar-refractivity contribution in [2.75, 3.05) is 0 Å². The zero-order valence-electron chi connectivity index (χ0n) is 4.78. The van der Waals surface area contributed by atoms with Crippen molar-refractivity contribution in [3.05, 3.63) is 48.6 Å². The third-order valence-corrected chi connectivity index (χ3v) is 1.26. The quantitative estimate of drug-likeness (QED) is 0.442. The lowest BCUT2D eigenvalue weighted by molar-refractivity contribution is 1.63. The van der Waals surface area contributed by atoms with Crippen molar-refractivity contribution in [3.8, 4) is 0 Å². The minimum atomic E-state index is 0.963. The molecule has 0 atom stereocenters. The van der Waals surface area contributed by atoms with Crippen LogP contribution in [0.1, 0.15) is 0 Å². The first-order valence-corrected chi connectivity index (χ1v) is 2.47. The lowest BCUT2D eigenvalue weighted by atomic mass is 10.1. The van der Waals surface area contributed by atoms with E-state index in [-0.39, 0.29) is 0 Å². The SMILES string of the molecule is C=C1C=CC(=C)C1=C. The Balaban J connectivity index is 3.02. The van der Waals surface area contributed by atoms with E-state index in [2.05, 4.69) is 19.7 Å². The van der Waals surface area contributed by atoms with Gasteiger partial charge in [-0.2, -0.15) is 0 Å². The number of rotatable bonds is 0. The molecule has 0 aromatic heterocycles. The zero-order valence-corrected chi connectivity index (χ0v) is 4.78. The molecule has 1 aliphatic rings. The van der Waals surface area contributed by atoms with E-state index in [1.807, 2.05) is 12.2 Å². The summed E-state index contributed by atoms with van der Waals surface area (Å²) in [5.41, 5.74) is 2.93. The summed E-state index contributed by atoms with van der Waals surface area (Å²) in [6.45, 7) is 11.2. The van der Waals surface area contributed by atoms with Gasteiger partial charge in [-0.05, 0) is 16.7 Å². The molecule has 0 bridgehead atoms. The lowest BCUT2D eigenvalue weighted by Gasteiger charge is -1.92. The second-order valence-electron chi connectivity index (χ2n) is 1.86. The molecule has 8 heavy (non-hydrogen) atoms. The molecule has 0 N–H and O–H groups in total. The van der Waals surface area contributed by atoms with E-state index in [9.17, 15) is 0 Å². The van der Waals surface area contributed by atoms with Crippen LogP contribution in [0.4, 0.5) is 0 Å². The van der Waals surface area contributed by atoms with Crippen LogP contribution in [0.3, 0.4) is 0 Å². The Morgan fingerprint density at radius 1 is 0.875 bits per heavy atom. The molecule has 1 aliphatic carbocycles. The van der Waals surface area contributed by atoms with Gasteiger partial charge in [0.1, 0.15) is 0 Å². The molecule has 0 aliphatic heterocycles. The van der Waals surface area contributed by atoms with E-state index in [1.165, 1.54) is 0 Å². The summed E-state index contributed by atoms with van der Waals surface area (Å²) in [4.78, 5) is 0. The topological polar surface area (TPSA) is 0 Å². The van der Waals surface area contributed by atoms with Gasteiger partial charge in [0, 0.05) is 0 Å². The van der Waals surface area contributed by atoms with Gasteiger partial charge in [-0.3, -0.25) is 0 Å². The van der Waals surface area contributed by atoms with Crippen LogP contribution in [-0.2, 0) is 0 Å². The van der Waals surface area contributed by atoms with Crippen molar-refractivity contribution < 1.29 is 0 Å². The van der Waals surface area contributed by atoms with Crippen LogP contribution >= 0.6 is 0 Å². The molecule has 0 unspecified atom stereocenters. The van der Waals surface area contributed by atoms with Crippen LogP contribution in [0.15, 0.2) is 48.6 Å². The molecule has 0 saturated heterocycles. The van der Waals surface area contributed by atoms with Gasteiger partial charge in [0.05, 0.1) is 0 Å². The fourth-order valence-corrected chi connectivity index (χ4v) is 0.609. The van der Waals surface area contributed by atoms with Crippen molar-refractivity contribution in [1.29, 1.82) is 0 Å². The molecule has 0 heterocycles. The van der Waals surface area contributed by atoms with Gasteiger partial charge in [0.15, 0.2) is 0 Å². The van der Waals surface area contributed by atoms with E-state index >= 15 is 0 Å². The van der Waals surface area contributed by atoms with E-state index in [4.69, 9.17) is 0 Å². The van der Waals surface area contributed by atoms with Gasteiger partial charge in [-0.25, -0.2) is 0 Å². The summed E-state index contributed by atoms with van der Waals surface area (Å²) in [5.74, 6) is 0. The van der Waals surface area contributed by atoms with Crippen LogP contribution in [0.2, 0.25) is 0 Å². The Bertz CT molecular complexity index is 172. The van der Waals surface area contributed by atoms with Gasteiger partial charge in [-0.1, -0.05) is 31.9 Å². The van der Waals surface area contributed by atoms with Gasteiger partial charge in [-0.15, -0.1) is 0 Å². The van der Waals surface area contributed by atoms with E-state index in [0.29, 0.717) is 0 Å². The van der Waals surface area contributed by atoms with E-state index in [0.717, 1.165) is 16.7 Å². The number of allylic oxidation sites excluding steroid dienone is 5. The molecule has 0 fully saturated rings. The first-order chi connectivity index (χ1) is 3.72. The van der Waals surface area contributed by atoms with Crippen molar-refractivity contribution >= 4 is 0 Å². The maximum atomic E-state index is 3.75. The fourth-order valence-electron chi connectivity index (χ4n) is 0.609. The molecule has 0 nitrogen and oxygen atoms in total. The molecular weight excluding hydrogens is 96.1 g/mol. The Morgan fingerprint density at radius 3 is 1.38 bits per heavy atom. The van der Waals surface area contributed by atoms with Crippen molar-refractivity contribution in [2.24, 2.45) is 0 Å². The van der Waals surface area contributed by atoms with E-state index < -0.39 is 0 Å². The summed E-state index contributed by atoms with van der Waals surface area (Å²) < 4.78 is 0. The lowest BCUT2D eigenvalue weighted by Crippen LogP contribution is -1.73. The highest BCUT2D eigenvalue weighted by Gasteiger charge is 2.04. The van der Waals surface area contributed by atoms with Crippen LogP contribution < -0.4 is 0 Å². The predicted octanol–water partition coefficient (Wildman–Crippen LogP) is 2.22. The Labute approximate surface area is 49.5 Å². The minimum absolute atomic E-state index is 0.963. The van der Waals surface area contributed by atoms with E-state index in [1.54, 1.807) is 0 Å². The van der Waals surface area contributed by atoms with Crippen LogP contribution in [0.5, 0.6) is 0 Å². The van der Waals surface area contributed by atoms with Gasteiger partial charge in [0.25, 0.3) is 0 Å². The fraction of sp³-hybridized carbons (Fsp3) is 0. The van der Waals surface area contributed by atoms with Crippen LogP contribution in [-0.4, -0.2) is 0 Å². The highest BCUT2D eigenvalue weighted by atomic mass is 14.1. The monoisotopic (exact) mass is 104 g/mol. The van der Waals surface area contributed by atoms with Crippen molar-refractivity contribution in [3.63, 3.8) is 0 Å². The Kier molecular flexibility index (Phi) is 0.943. The third kappa shape index (κ3) is 0.544. The molecular formula is C8H8. The normalized spacial score (nSPS) is 18.2. The number of hydrogen-bond donors (Lipinski definition) is 0. The van der Waals surface area contributed by atoms with Gasteiger partial charge < -0.3 is 0 Å². The second kappa shape index (κ2) is 1.48. The number of hydrogen-bond acceptors (Lipinski definition) is 0. The highest BCUT2D eigenvalue weighted by molar-refractivity contribution is 5.59. The third-order valence-electron chi connectivity index (χ3n) is 1.26. The molecule has 0 heteroatoms. The van der Waals surface area contributed by atoms with Crippen molar-refractivity contribution in [2.45, 2.75) is 0 Å².